The lowest BCUT2D eigenvalue weighted by Crippen LogP contribution is -2.54. The minimum Gasteiger partial charge on any atom is -0.395 e. The molecule has 2 rings (SSSR count). The SMILES string of the molecule is O=C(NCCO)NC1(c2ccccc2F)CCC1. The largest absolute Gasteiger partial charge is 0.395 e. The van der Waals surface area contributed by atoms with Crippen LogP contribution >= 0.6 is 0 Å². The maximum atomic E-state index is 13.8. The molecule has 0 saturated heterocycles. The molecule has 3 N–H and O–H groups in total. The van der Waals surface area contributed by atoms with Crippen molar-refractivity contribution in [3.8, 4) is 0 Å². The van der Waals surface area contributed by atoms with E-state index in [9.17, 15) is 9.18 Å². The summed E-state index contributed by atoms with van der Waals surface area (Å²) in [6.07, 6.45) is 2.44. The normalized spacial score (nSPS) is 16.8. The van der Waals surface area contributed by atoms with E-state index in [0.29, 0.717) is 5.56 Å². The van der Waals surface area contributed by atoms with Gasteiger partial charge >= 0.3 is 6.03 Å². The van der Waals surface area contributed by atoms with Gasteiger partial charge in [0.1, 0.15) is 5.82 Å². The van der Waals surface area contributed by atoms with E-state index in [1.54, 1.807) is 18.2 Å². The third kappa shape index (κ3) is 2.46. The van der Waals surface area contributed by atoms with E-state index in [1.807, 2.05) is 0 Å². The Kier molecular flexibility index (Phi) is 3.81. The van der Waals surface area contributed by atoms with Crippen LogP contribution in [0.1, 0.15) is 24.8 Å². The average Bonchev–Trinajstić information content (AvgIpc) is 2.32. The molecule has 1 aromatic carbocycles. The fourth-order valence-electron chi connectivity index (χ4n) is 2.27. The predicted octanol–water partition coefficient (Wildman–Crippen LogP) is 1.50. The van der Waals surface area contributed by atoms with Crippen LogP contribution in [0.4, 0.5) is 9.18 Å². The first kappa shape index (κ1) is 12.8. The van der Waals surface area contributed by atoms with E-state index in [-0.39, 0.29) is 25.0 Å². The van der Waals surface area contributed by atoms with Crippen LogP contribution in [-0.2, 0) is 5.54 Å². The molecule has 0 bridgehead atoms. The second-order valence-corrected chi connectivity index (χ2v) is 4.52. The van der Waals surface area contributed by atoms with Crippen LogP contribution in [0.25, 0.3) is 0 Å². The van der Waals surface area contributed by atoms with E-state index in [1.165, 1.54) is 6.07 Å². The lowest BCUT2D eigenvalue weighted by molar-refractivity contribution is 0.171. The number of rotatable bonds is 4. The minimum absolute atomic E-state index is 0.111. The van der Waals surface area contributed by atoms with Gasteiger partial charge in [-0.05, 0) is 25.3 Å². The molecule has 0 atom stereocenters. The molecule has 18 heavy (non-hydrogen) atoms. The van der Waals surface area contributed by atoms with Crippen molar-refractivity contribution in [2.45, 2.75) is 24.8 Å². The Morgan fingerprint density at radius 1 is 1.39 bits per heavy atom. The van der Waals surface area contributed by atoms with Crippen LogP contribution in [0, 0.1) is 5.82 Å². The summed E-state index contributed by atoms with van der Waals surface area (Å²) in [5.41, 5.74) is -0.0550. The molecular weight excluding hydrogens is 235 g/mol. The Morgan fingerprint density at radius 3 is 2.67 bits per heavy atom. The molecule has 0 heterocycles. The zero-order valence-corrected chi connectivity index (χ0v) is 10.1. The highest BCUT2D eigenvalue weighted by molar-refractivity contribution is 5.75. The number of aliphatic hydroxyl groups excluding tert-OH is 1. The smallest absolute Gasteiger partial charge is 0.315 e. The zero-order chi connectivity index (χ0) is 13.0. The van der Waals surface area contributed by atoms with Gasteiger partial charge in [-0.2, -0.15) is 0 Å². The molecule has 1 aromatic rings. The second kappa shape index (κ2) is 5.35. The van der Waals surface area contributed by atoms with Gasteiger partial charge < -0.3 is 15.7 Å². The van der Waals surface area contributed by atoms with Crippen LogP contribution in [0.5, 0.6) is 0 Å². The van der Waals surface area contributed by atoms with Gasteiger partial charge in [-0.25, -0.2) is 9.18 Å². The van der Waals surface area contributed by atoms with Crippen molar-refractivity contribution < 1.29 is 14.3 Å². The molecule has 5 heteroatoms. The second-order valence-electron chi connectivity index (χ2n) is 4.52. The molecule has 0 aliphatic heterocycles. The van der Waals surface area contributed by atoms with Crippen molar-refractivity contribution in [3.63, 3.8) is 0 Å². The standard InChI is InChI=1S/C13H17FN2O2/c14-11-5-2-1-4-10(11)13(6-3-7-13)16-12(18)15-8-9-17/h1-2,4-5,17H,3,6-9H2,(H2,15,16,18). The molecule has 1 fully saturated rings. The first-order valence-corrected chi connectivity index (χ1v) is 6.10. The number of hydrogen-bond acceptors (Lipinski definition) is 2. The number of halogens is 1. The average molecular weight is 252 g/mol. The number of aliphatic hydroxyl groups is 1. The Labute approximate surface area is 105 Å². The summed E-state index contributed by atoms with van der Waals surface area (Å²) in [6.45, 7) is 0.0826. The molecule has 0 radical (unpaired) electrons. The van der Waals surface area contributed by atoms with E-state index >= 15 is 0 Å². The predicted molar refractivity (Wildman–Crippen MR) is 65.5 cm³/mol. The van der Waals surface area contributed by atoms with Gasteiger partial charge in [-0.3, -0.25) is 0 Å². The molecule has 1 saturated carbocycles. The molecule has 0 spiro atoms. The summed E-state index contributed by atoms with van der Waals surface area (Å²) >= 11 is 0. The third-order valence-corrected chi connectivity index (χ3v) is 3.35. The van der Waals surface area contributed by atoms with E-state index in [2.05, 4.69) is 10.6 Å². The van der Waals surface area contributed by atoms with Crippen molar-refractivity contribution in [1.29, 1.82) is 0 Å². The van der Waals surface area contributed by atoms with Crippen molar-refractivity contribution in [1.82, 2.24) is 10.6 Å². The molecule has 2 amide bonds. The first-order chi connectivity index (χ1) is 8.68. The van der Waals surface area contributed by atoms with E-state index < -0.39 is 5.54 Å². The quantitative estimate of drug-likeness (QED) is 0.760. The Hall–Kier alpha value is -1.62. The summed E-state index contributed by atoms with van der Waals surface area (Å²) in [6, 6.07) is 6.15. The fourth-order valence-corrected chi connectivity index (χ4v) is 2.27. The third-order valence-electron chi connectivity index (χ3n) is 3.35. The minimum atomic E-state index is -0.592. The maximum absolute atomic E-state index is 13.8. The summed E-state index contributed by atoms with van der Waals surface area (Å²) in [5.74, 6) is -0.292. The van der Waals surface area contributed by atoms with Crippen LogP contribution in [0.2, 0.25) is 0 Å². The highest BCUT2D eigenvalue weighted by Gasteiger charge is 2.41. The maximum Gasteiger partial charge on any atom is 0.315 e. The van der Waals surface area contributed by atoms with Gasteiger partial charge in [0, 0.05) is 12.1 Å². The Balaban J connectivity index is 2.12. The fraction of sp³-hybridized carbons (Fsp3) is 0.462. The molecule has 1 aliphatic rings. The number of benzene rings is 1. The van der Waals surface area contributed by atoms with Gasteiger partial charge in [0.2, 0.25) is 0 Å². The van der Waals surface area contributed by atoms with Gasteiger partial charge in [0.15, 0.2) is 0 Å². The molecule has 98 valence electrons. The van der Waals surface area contributed by atoms with Gasteiger partial charge in [0.05, 0.1) is 12.1 Å². The van der Waals surface area contributed by atoms with E-state index in [4.69, 9.17) is 5.11 Å². The van der Waals surface area contributed by atoms with Crippen molar-refractivity contribution in [2.24, 2.45) is 0 Å². The number of urea groups is 1. The molecular formula is C13H17FN2O2. The number of amides is 2. The lowest BCUT2D eigenvalue weighted by atomic mass is 9.71. The van der Waals surface area contributed by atoms with Crippen molar-refractivity contribution >= 4 is 6.03 Å². The van der Waals surface area contributed by atoms with Crippen LogP contribution in [0.3, 0.4) is 0 Å². The topological polar surface area (TPSA) is 61.4 Å². The Morgan fingerprint density at radius 2 is 2.11 bits per heavy atom. The number of carbonyl (C=O) groups is 1. The number of hydrogen-bond donors (Lipinski definition) is 3. The van der Waals surface area contributed by atoms with Gasteiger partial charge in [0.25, 0.3) is 0 Å². The van der Waals surface area contributed by atoms with Gasteiger partial charge in [-0.1, -0.05) is 18.2 Å². The summed E-state index contributed by atoms with van der Waals surface area (Å²) < 4.78 is 13.8. The van der Waals surface area contributed by atoms with Crippen LogP contribution < -0.4 is 10.6 Å². The van der Waals surface area contributed by atoms with Crippen LogP contribution in [-0.4, -0.2) is 24.3 Å². The van der Waals surface area contributed by atoms with Gasteiger partial charge in [-0.15, -0.1) is 0 Å². The molecule has 0 unspecified atom stereocenters. The monoisotopic (exact) mass is 252 g/mol. The van der Waals surface area contributed by atoms with Crippen molar-refractivity contribution in [2.75, 3.05) is 13.2 Å². The summed E-state index contributed by atoms with van der Waals surface area (Å²) in [4.78, 5) is 11.6. The summed E-state index contributed by atoms with van der Waals surface area (Å²) in [7, 11) is 0. The summed E-state index contributed by atoms with van der Waals surface area (Å²) in [5, 5.41) is 14.0. The lowest BCUT2D eigenvalue weighted by Gasteiger charge is -2.43. The van der Waals surface area contributed by atoms with Crippen molar-refractivity contribution in [3.05, 3.63) is 35.6 Å². The first-order valence-electron chi connectivity index (χ1n) is 6.10. The zero-order valence-electron chi connectivity index (χ0n) is 10.1. The molecule has 1 aliphatic carbocycles. The molecule has 4 nitrogen and oxygen atoms in total. The molecule has 0 aromatic heterocycles. The van der Waals surface area contributed by atoms with Crippen LogP contribution in [0.15, 0.2) is 24.3 Å². The highest BCUT2D eigenvalue weighted by Crippen LogP contribution is 2.42. The highest BCUT2D eigenvalue weighted by atomic mass is 19.1. The van der Waals surface area contributed by atoms with E-state index in [0.717, 1.165) is 19.3 Å². The number of nitrogens with one attached hydrogen (secondary N) is 2. The Bertz CT molecular complexity index is 433. The number of carbonyl (C=O) groups excluding carboxylic acids is 1.